The van der Waals surface area contributed by atoms with Crippen molar-refractivity contribution in [2.75, 3.05) is 7.05 Å². The molecule has 68 valence electrons. The molecule has 0 spiro atoms. The van der Waals surface area contributed by atoms with E-state index in [1.54, 1.807) is 0 Å². The van der Waals surface area contributed by atoms with E-state index in [9.17, 15) is 0 Å². The third-order valence-corrected chi connectivity index (χ3v) is 2.50. The lowest BCUT2D eigenvalue weighted by atomic mass is 10.1. The molecule has 1 aromatic rings. The Labute approximate surface area is 84.1 Å². The topological polar surface area (TPSA) is 12.0 Å². The maximum Gasteiger partial charge on any atom is 0.0955 e. The molecule has 0 aliphatic heterocycles. The fourth-order valence-corrected chi connectivity index (χ4v) is 1.46. The molecule has 0 amide bonds. The van der Waals surface area contributed by atoms with Crippen LogP contribution < -0.4 is 5.32 Å². The van der Waals surface area contributed by atoms with Crippen molar-refractivity contribution < 1.29 is 0 Å². The van der Waals surface area contributed by atoms with Gasteiger partial charge in [-0.3, -0.25) is 0 Å². The minimum Gasteiger partial charge on any atom is -0.303 e. The van der Waals surface area contributed by atoms with Crippen LogP contribution in [0, 0.1) is 19.3 Å². The predicted octanol–water partition coefficient (Wildman–Crippen LogP) is 2.54. The lowest BCUT2D eigenvalue weighted by Gasteiger charge is -2.12. The molecule has 0 radical (unpaired) electrons. The molecule has 0 fully saturated rings. The molecule has 13 heavy (non-hydrogen) atoms. The van der Waals surface area contributed by atoms with Crippen LogP contribution in [-0.2, 0) is 0 Å². The third kappa shape index (κ3) is 2.03. The van der Waals surface area contributed by atoms with Crippen LogP contribution in [0.5, 0.6) is 0 Å². The molecule has 2 heteroatoms. The Kier molecular flexibility index (Phi) is 3.36. The highest BCUT2D eigenvalue weighted by molar-refractivity contribution is 6.32. The molecule has 0 saturated heterocycles. The molecule has 1 aromatic carbocycles. The summed E-state index contributed by atoms with van der Waals surface area (Å²) in [5.74, 6) is 2.64. The summed E-state index contributed by atoms with van der Waals surface area (Å²) in [5.41, 5.74) is 2.02. The molecule has 1 atom stereocenters. The number of halogens is 1. The lowest BCUT2D eigenvalue weighted by Crippen LogP contribution is -2.14. The van der Waals surface area contributed by atoms with Gasteiger partial charge in [-0.25, -0.2) is 0 Å². The quantitative estimate of drug-likeness (QED) is 0.712. The molecule has 1 unspecified atom stereocenters. The van der Waals surface area contributed by atoms with Gasteiger partial charge in [0, 0.05) is 10.6 Å². The zero-order valence-electron chi connectivity index (χ0n) is 7.76. The third-order valence-electron chi connectivity index (χ3n) is 1.99. The zero-order chi connectivity index (χ0) is 9.84. The molecule has 0 heterocycles. The summed E-state index contributed by atoms with van der Waals surface area (Å²) in [7, 11) is 1.82. The van der Waals surface area contributed by atoms with Crippen molar-refractivity contribution in [1.82, 2.24) is 5.32 Å². The van der Waals surface area contributed by atoms with Crippen LogP contribution >= 0.6 is 11.6 Å². The highest BCUT2D eigenvalue weighted by atomic mass is 35.5. The maximum absolute atomic E-state index is 6.11. The monoisotopic (exact) mass is 193 g/mol. The number of benzene rings is 1. The van der Waals surface area contributed by atoms with Gasteiger partial charge in [-0.2, -0.15) is 0 Å². The van der Waals surface area contributed by atoms with Gasteiger partial charge in [0.05, 0.1) is 6.04 Å². The average Bonchev–Trinajstić information content (AvgIpc) is 2.14. The largest absolute Gasteiger partial charge is 0.303 e. The summed E-state index contributed by atoms with van der Waals surface area (Å²) in [6.07, 6.45) is 5.36. The lowest BCUT2D eigenvalue weighted by molar-refractivity contribution is 0.736. The number of nitrogens with one attached hydrogen (secondary N) is 1. The number of rotatable bonds is 2. The molecule has 0 saturated carbocycles. The first-order chi connectivity index (χ1) is 6.20. The normalized spacial score (nSPS) is 12.2. The first kappa shape index (κ1) is 10.1. The van der Waals surface area contributed by atoms with E-state index in [-0.39, 0.29) is 6.04 Å². The molecule has 1 rings (SSSR count). The van der Waals surface area contributed by atoms with Crippen LogP contribution in [0.3, 0.4) is 0 Å². The number of hydrogen-bond donors (Lipinski definition) is 1. The first-order valence-corrected chi connectivity index (χ1v) is 4.47. The minimum atomic E-state index is -0.104. The van der Waals surface area contributed by atoms with E-state index in [0.29, 0.717) is 0 Å². The van der Waals surface area contributed by atoms with E-state index in [1.165, 1.54) is 0 Å². The van der Waals surface area contributed by atoms with Crippen molar-refractivity contribution in [2.24, 2.45) is 0 Å². The number of hydrogen-bond acceptors (Lipinski definition) is 1. The molecule has 1 nitrogen and oxygen atoms in total. The van der Waals surface area contributed by atoms with Crippen molar-refractivity contribution in [3.8, 4) is 12.3 Å². The molecule has 0 bridgehead atoms. The Morgan fingerprint density at radius 3 is 2.77 bits per heavy atom. The Morgan fingerprint density at radius 2 is 2.23 bits per heavy atom. The van der Waals surface area contributed by atoms with Gasteiger partial charge in [0.15, 0.2) is 0 Å². The van der Waals surface area contributed by atoms with Crippen LogP contribution in [0.4, 0.5) is 0 Å². The fraction of sp³-hybridized carbons (Fsp3) is 0.273. The van der Waals surface area contributed by atoms with E-state index in [4.69, 9.17) is 18.0 Å². The smallest absolute Gasteiger partial charge is 0.0955 e. The van der Waals surface area contributed by atoms with E-state index in [1.807, 2.05) is 32.2 Å². The van der Waals surface area contributed by atoms with Crippen LogP contribution in [0.1, 0.15) is 17.2 Å². The fourth-order valence-electron chi connectivity index (χ4n) is 1.22. The molecule has 1 N–H and O–H groups in total. The highest BCUT2D eigenvalue weighted by Crippen LogP contribution is 2.25. The van der Waals surface area contributed by atoms with Crippen molar-refractivity contribution in [3.05, 3.63) is 34.3 Å². The van der Waals surface area contributed by atoms with Gasteiger partial charge < -0.3 is 5.32 Å². The van der Waals surface area contributed by atoms with Gasteiger partial charge in [0.1, 0.15) is 0 Å². The Bertz CT molecular complexity index is 338. The highest BCUT2D eigenvalue weighted by Gasteiger charge is 2.10. The van der Waals surface area contributed by atoms with E-state index < -0.39 is 0 Å². The summed E-state index contributed by atoms with van der Waals surface area (Å²) in [6, 6.07) is 5.76. The van der Waals surface area contributed by atoms with Crippen LogP contribution in [0.15, 0.2) is 18.2 Å². The standard InChI is InChI=1S/C11H12ClN/c1-4-10(13-3)9-7-5-6-8(2)11(9)12/h1,5-7,10,13H,2-3H3. The van der Waals surface area contributed by atoms with Crippen molar-refractivity contribution in [1.29, 1.82) is 0 Å². The van der Waals surface area contributed by atoms with Gasteiger partial charge in [0.2, 0.25) is 0 Å². The SMILES string of the molecule is C#CC(NC)c1cccc(C)c1Cl. The van der Waals surface area contributed by atoms with Crippen molar-refractivity contribution in [3.63, 3.8) is 0 Å². The molecule has 0 aromatic heterocycles. The Balaban J connectivity index is 3.15. The van der Waals surface area contributed by atoms with Crippen LogP contribution in [0.25, 0.3) is 0 Å². The second-order valence-electron chi connectivity index (χ2n) is 2.87. The van der Waals surface area contributed by atoms with Gasteiger partial charge in [-0.1, -0.05) is 35.7 Å². The molecular weight excluding hydrogens is 182 g/mol. The Hall–Kier alpha value is -0.970. The van der Waals surface area contributed by atoms with Gasteiger partial charge >= 0.3 is 0 Å². The summed E-state index contributed by atoms with van der Waals surface area (Å²) < 4.78 is 0. The van der Waals surface area contributed by atoms with Gasteiger partial charge in [-0.05, 0) is 19.5 Å². The minimum absolute atomic E-state index is 0.104. The van der Waals surface area contributed by atoms with E-state index >= 15 is 0 Å². The molecular formula is C11H12ClN. The average molecular weight is 194 g/mol. The molecule has 0 aliphatic carbocycles. The summed E-state index contributed by atoms with van der Waals surface area (Å²) >= 11 is 6.11. The van der Waals surface area contributed by atoms with Crippen molar-refractivity contribution in [2.45, 2.75) is 13.0 Å². The Morgan fingerprint density at radius 1 is 1.54 bits per heavy atom. The van der Waals surface area contributed by atoms with Crippen molar-refractivity contribution >= 4 is 11.6 Å². The first-order valence-electron chi connectivity index (χ1n) is 4.09. The van der Waals surface area contributed by atoms with Crippen LogP contribution in [-0.4, -0.2) is 7.05 Å². The summed E-state index contributed by atoms with van der Waals surface area (Å²) in [6.45, 7) is 1.97. The molecule has 0 aliphatic rings. The number of terminal acetylenes is 1. The maximum atomic E-state index is 6.11. The predicted molar refractivity (Wildman–Crippen MR) is 56.8 cm³/mol. The van der Waals surface area contributed by atoms with Crippen LogP contribution in [0.2, 0.25) is 5.02 Å². The van der Waals surface area contributed by atoms with Gasteiger partial charge in [-0.15, -0.1) is 6.42 Å². The second kappa shape index (κ2) is 4.32. The summed E-state index contributed by atoms with van der Waals surface area (Å²) in [5, 5.41) is 3.77. The van der Waals surface area contributed by atoms with E-state index in [0.717, 1.165) is 16.1 Å². The second-order valence-corrected chi connectivity index (χ2v) is 3.24. The summed E-state index contributed by atoms with van der Waals surface area (Å²) in [4.78, 5) is 0. The van der Waals surface area contributed by atoms with E-state index in [2.05, 4.69) is 11.2 Å². The van der Waals surface area contributed by atoms with Gasteiger partial charge in [0.25, 0.3) is 0 Å². The number of aryl methyl sites for hydroxylation is 1. The zero-order valence-corrected chi connectivity index (χ0v) is 8.52.